The van der Waals surface area contributed by atoms with Crippen molar-refractivity contribution in [3.63, 3.8) is 0 Å². The van der Waals surface area contributed by atoms with Gasteiger partial charge in [0.25, 0.3) is 0 Å². The Morgan fingerprint density at radius 1 is 1.43 bits per heavy atom. The van der Waals surface area contributed by atoms with E-state index >= 15 is 0 Å². The third-order valence-electron chi connectivity index (χ3n) is 2.73. The molecule has 1 aromatic rings. The van der Waals surface area contributed by atoms with Gasteiger partial charge in [-0.15, -0.1) is 10.2 Å². The SMILES string of the molecule is CNCc1nnn(CC2CCCC2)n1. The van der Waals surface area contributed by atoms with Crippen molar-refractivity contribution >= 4 is 0 Å². The molecule has 5 heteroatoms. The number of hydrogen-bond donors (Lipinski definition) is 1. The van der Waals surface area contributed by atoms with Crippen molar-refractivity contribution in [2.75, 3.05) is 7.05 Å². The van der Waals surface area contributed by atoms with Crippen LogP contribution < -0.4 is 5.32 Å². The number of aromatic nitrogens is 4. The Morgan fingerprint density at radius 2 is 2.21 bits per heavy atom. The normalized spacial score (nSPS) is 17.8. The molecule has 1 aliphatic rings. The van der Waals surface area contributed by atoms with Crippen molar-refractivity contribution in [2.45, 2.75) is 38.8 Å². The van der Waals surface area contributed by atoms with E-state index in [-0.39, 0.29) is 0 Å². The molecule has 1 aromatic heterocycles. The first-order valence-electron chi connectivity index (χ1n) is 5.30. The van der Waals surface area contributed by atoms with E-state index in [2.05, 4.69) is 20.7 Å². The maximum Gasteiger partial charge on any atom is 0.188 e. The Morgan fingerprint density at radius 3 is 2.93 bits per heavy atom. The number of nitrogens with zero attached hydrogens (tertiary/aromatic N) is 4. The summed E-state index contributed by atoms with van der Waals surface area (Å²) in [4.78, 5) is 1.74. The van der Waals surface area contributed by atoms with Gasteiger partial charge in [0, 0.05) is 0 Å². The Balaban J connectivity index is 1.88. The van der Waals surface area contributed by atoms with Gasteiger partial charge in [-0.2, -0.15) is 4.80 Å². The monoisotopic (exact) mass is 195 g/mol. The van der Waals surface area contributed by atoms with Crippen molar-refractivity contribution in [1.29, 1.82) is 0 Å². The molecule has 0 saturated heterocycles. The zero-order valence-electron chi connectivity index (χ0n) is 8.61. The van der Waals surface area contributed by atoms with Crippen LogP contribution in [0.3, 0.4) is 0 Å². The van der Waals surface area contributed by atoms with Gasteiger partial charge in [-0.25, -0.2) is 0 Å². The number of nitrogens with one attached hydrogen (secondary N) is 1. The van der Waals surface area contributed by atoms with Crippen molar-refractivity contribution in [2.24, 2.45) is 5.92 Å². The second-order valence-electron chi connectivity index (χ2n) is 3.94. The van der Waals surface area contributed by atoms with Gasteiger partial charge in [-0.3, -0.25) is 0 Å². The highest BCUT2D eigenvalue weighted by Crippen LogP contribution is 2.25. The topological polar surface area (TPSA) is 55.6 Å². The third kappa shape index (κ3) is 2.29. The Kier molecular flexibility index (Phi) is 3.08. The lowest BCUT2D eigenvalue weighted by Crippen LogP contribution is -2.11. The summed E-state index contributed by atoms with van der Waals surface area (Å²) in [5.74, 6) is 1.55. The van der Waals surface area contributed by atoms with Crippen molar-refractivity contribution in [3.8, 4) is 0 Å². The fourth-order valence-electron chi connectivity index (χ4n) is 2.01. The van der Waals surface area contributed by atoms with E-state index in [9.17, 15) is 0 Å². The molecule has 0 amide bonds. The van der Waals surface area contributed by atoms with Crippen LogP contribution in [0.15, 0.2) is 0 Å². The summed E-state index contributed by atoms with van der Waals surface area (Å²) < 4.78 is 0. The van der Waals surface area contributed by atoms with E-state index in [0.717, 1.165) is 18.3 Å². The molecule has 0 spiro atoms. The highest BCUT2D eigenvalue weighted by atomic mass is 15.6. The predicted molar refractivity (Wildman–Crippen MR) is 52.5 cm³/mol. The minimum absolute atomic E-state index is 0.699. The van der Waals surface area contributed by atoms with E-state index in [1.807, 2.05) is 7.05 Å². The molecule has 0 bridgehead atoms. The summed E-state index contributed by atoms with van der Waals surface area (Å²) in [7, 11) is 1.89. The lowest BCUT2D eigenvalue weighted by atomic mass is 10.1. The molecule has 5 nitrogen and oxygen atoms in total. The molecule has 0 atom stereocenters. The first-order chi connectivity index (χ1) is 6.88. The molecular weight excluding hydrogens is 178 g/mol. The van der Waals surface area contributed by atoms with Gasteiger partial charge in [0.1, 0.15) is 0 Å². The maximum atomic E-state index is 4.30. The van der Waals surface area contributed by atoms with Gasteiger partial charge in [0.15, 0.2) is 5.82 Å². The smallest absolute Gasteiger partial charge is 0.188 e. The van der Waals surface area contributed by atoms with Crippen LogP contribution in [0.1, 0.15) is 31.5 Å². The second-order valence-corrected chi connectivity index (χ2v) is 3.94. The summed E-state index contributed by atoms with van der Waals surface area (Å²) in [6.45, 7) is 1.64. The number of hydrogen-bond acceptors (Lipinski definition) is 4. The largest absolute Gasteiger partial charge is 0.313 e. The molecule has 0 aromatic carbocycles. The number of tetrazole rings is 1. The van der Waals surface area contributed by atoms with Crippen LogP contribution in [0, 0.1) is 5.92 Å². The van der Waals surface area contributed by atoms with Crippen LogP contribution in [0.4, 0.5) is 0 Å². The van der Waals surface area contributed by atoms with E-state index in [0.29, 0.717) is 6.54 Å². The average Bonchev–Trinajstić information content (AvgIpc) is 2.79. The minimum atomic E-state index is 0.699. The van der Waals surface area contributed by atoms with Gasteiger partial charge in [-0.1, -0.05) is 12.8 Å². The van der Waals surface area contributed by atoms with Crippen LogP contribution in [0.25, 0.3) is 0 Å². The Labute approximate surface area is 83.9 Å². The fraction of sp³-hybridized carbons (Fsp3) is 0.889. The number of rotatable bonds is 4. The third-order valence-corrected chi connectivity index (χ3v) is 2.73. The highest BCUT2D eigenvalue weighted by Gasteiger charge is 2.16. The summed E-state index contributed by atoms with van der Waals surface area (Å²) >= 11 is 0. The van der Waals surface area contributed by atoms with Crippen LogP contribution in [0.2, 0.25) is 0 Å². The first kappa shape index (κ1) is 9.58. The van der Waals surface area contributed by atoms with E-state index in [4.69, 9.17) is 0 Å². The lowest BCUT2D eigenvalue weighted by molar-refractivity contribution is 0.388. The molecule has 78 valence electrons. The van der Waals surface area contributed by atoms with Crippen LogP contribution in [-0.2, 0) is 13.1 Å². The van der Waals surface area contributed by atoms with Gasteiger partial charge in [0.05, 0.1) is 13.1 Å². The maximum absolute atomic E-state index is 4.30. The van der Waals surface area contributed by atoms with Gasteiger partial charge >= 0.3 is 0 Å². The molecule has 14 heavy (non-hydrogen) atoms. The Bertz CT molecular complexity index is 276. The quantitative estimate of drug-likeness (QED) is 0.763. The van der Waals surface area contributed by atoms with Crippen molar-refractivity contribution in [1.82, 2.24) is 25.5 Å². The first-order valence-corrected chi connectivity index (χ1v) is 5.30. The molecule has 0 radical (unpaired) electrons. The minimum Gasteiger partial charge on any atom is -0.313 e. The molecule has 1 heterocycles. The lowest BCUT2D eigenvalue weighted by Gasteiger charge is -2.05. The molecule has 1 saturated carbocycles. The van der Waals surface area contributed by atoms with E-state index < -0.39 is 0 Å². The standard InChI is InChI=1S/C9H17N5/c1-10-6-9-11-13-14(12-9)7-8-4-2-3-5-8/h8,10H,2-7H2,1H3. The van der Waals surface area contributed by atoms with Crippen LogP contribution in [-0.4, -0.2) is 27.3 Å². The van der Waals surface area contributed by atoms with Gasteiger partial charge in [-0.05, 0) is 31.0 Å². The van der Waals surface area contributed by atoms with Crippen molar-refractivity contribution in [3.05, 3.63) is 5.82 Å². The van der Waals surface area contributed by atoms with Crippen LogP contribution >= 0.6 is 0 Å². The summed E-state index contributed by atoms with van der Waals surface area (Å²) in [6, 6.07) is 0. The summed E-state index contributed by atoms with van der Waals surface area (Å²) in [5, 5.41) is 15.3. The predicted octanol–water partition coefficient (Wildman–Crippen LogP) is 0.583. The summed E-state index contributed by atoms with van der Waals surface area (Å²) in [5.41, 5.74) is 0. The molecule has 1 aliphatic carbocycles. The molecule has 0 aliphatic heterocycles. The molecule has 2 rings (SSSR count). The van der Waals surface area contributed by atoms with E-state index in [1.54, 1.807) is 4.80 Å². The van der Waals surface area contributed by atoms with Crippen molar-refractivity contribution < 1.29 is 0 Å². The zero-order valence-corrected chi connectivity index (χ0v) is 8.61. The average molecular weight is 195 g/mol. The summed E-state index contributed by atoms with van der Waals surface area (Å²) in [6.07, 6.45) is 5.37. The van der Waals surface area contributed by atoms with E-state index in [1.165, 1.54) is 25.7 Å². The van der Waals surface area contributed by atoms with Crippen LogP contribution in [0.5, 0.6) is 0 Å². The molecule has 1 fully saturated rings. The highest BCUT2D eigenvalue weighted by molar-refractivity contribution is 4.75. The Hall–Kier alpha value is -0.970. The molecule has 0 unspecified atom stereocenters. The fourth-order valence-corrected chi connectivity index (χ4v) is 2.01. The zero-order chi connectivity index (χ0) is 9.80. The van der Waals surface area contributed by atoms with Gasteiger partial charge in [0.2, 0.25) is 0 Å². The van der Waals surface area contributed by atoms with Gasteiger partial charge < -0.3 is 5.32 Å². The second kappa shape index (κ2) is 4.50. The molecule has 1 N–H and O–H groups in total. The molecular formula is C9H17N5.